The smallest absolute Gasteiger partial charge is 0.338 e. The molecule has 1 aliphatic rings. The van der Waals surface area contributed by atoms with Crippen molar-refractivity contribution in [3.8, 4) is 22.5 Å². The highest BCUT2D eigenvalue weighted by Crippen LogP contribution is 2.31. The van der Waals surface area contributed by atoms with E-state index in [0.29, 0.717) is 18.7 Å². The summed E-state index contributed by atoms with van der Waals surface area (Å²) in [6.07, 6.45) is 2.34. The van der Waals surface area contributed by atoms with Gasteiger partial charge in [0.1, 0.15) is 12.0 Å². The summed E-state index contributed by atoms with van der Waals surface area (Å²) in [5, 5.41) is 3.76. The summed E-state index contributed by atoms with van der Waals surface area (Å²) in [7, 11) is 0. The first-order valence-corrected chi connectivity index (χ1v) is 10.2. The molecule has 1 amide bonds. The Labute approximate surface area is 178 Å². The number of hydrogen-bond acceptors (Lipinski definition) is 5. The number of H-pyrrole nitrogens is 1. The number of aromatic nitrogens is 3. The van der Waals surface area contributed by atoms with E-state index in [1.807, 2.05) is 36.4 Å². The number of carbonyl (C=O) groups excluding carboxylic acids is 2. The highest BCUT2D eigenvalue weighted by Gasteiger charge is 2.18. The normalized spacial score (nSPS) is 13.0. The lowest BCUT2D eigenvalue weighted by atomic mass is 9.96. The predicted octanol–water partition coefficient (Wildman–Crippen LogP) is 3.75. The standard InChI is InChI=1S/C24H20N4O3/c1-2-31-24(30)15-5-3-14(4-6-15)20-12-19-21(26-13-27-22(19)28-20)17-7-8-18-16(11-17)9-10-25-23(18)29/h3-8,11-13H,2,9-10H2,1H3,(H,25,29)(H,26,27,28). The molecular formula is C24H20N4O3. The zero-order valence-corrected chi connectivity index (χ0v) is 16.9. The van der Waals surface area contributed by atoms with E-state index in [2.05, 4.69) is 20.3 Å². The van der Waals surface area contributed by atoms with Gasteiger partial charge in [-0.15, -0.1) is 0 Å². The fourth-order valence-electron chi connectivity index (χ4n) is 3.90. The van der Waals surface area contributed by atoms with Crippen LogP contribution in [0.5, 0.6) is 0 Å². The highest BCUT2D eigenvalue weighted by molar-refractivity contribution is 5.99. The number of fused-ring (bicyclic) bond motifs is 2. The number of nitrogens with zero attached hydrogens (tertiary/aromatic N) is 2. The van der Waals surface area contributed by atoms with Crippen molar-refractivity contribution in [2.24, 2.45) is 0 Å². The monoisotopic (exact) mass is 412 g/mol. The van der Waals surface area contributed by atoms with E-state index >= 15 is 0 Å². The van der Waals surface area contributed by atoms with Crippen molar-refractivity contribution >= 4 is 22.9 Å². The van der Waals surface area contributed by atoms with Crippen molar-refractivity contribution in [2.45, 2.75) is 13.3 Å². The van der Waals surface area contributed by atoms with E-state index in [1.54, 1.807) is 19.1 Å². The third-order valence-electron chi connectivity index (χ3n) is 5.44. The topological polar surface area (TPSA) is 97.0 Å². The first kappa shape index (κ1) is 19.0. The van der Waals surface area contributed by atoms with Gasteiger partial charge in [0, 0.05) is 28.8 Å². The van der Waals surface area contributed by atoms with Gasteiger partial charge in [-0.1, -0.05) is 18.2 Å². The molecule has 4 aromatic rings. The lowest BCUT2D eigenvalue weighted by Gasteiger charge is -2.17. The van der Waals surface area contributed by atoms with Gasteiger partial charge in [0.25, 0.3) is 5.91 Å². The summed E-state index contributed by atoms with van der Waals surface area (Å²) in [5.74, 6) is -0.365. The molecular weight excluding hydrogens is 392 g/mol. The SMILES string of the molecule is CCOC(=O)c1ccc(-c2cc3c(-c4ccc5c(c4)CCNC5=O)ncnc3[nH]2)cc1. The van der Waals surface area contributed by atoms with Crippen LogP contribution in [0.2, 0.25) is 0 Å². The van der Waals surface area contributed by atoms with Gasteiger partial charge in [0.05, 0.1) is 17.9 Å². The molecule has 7 heteroatoms. The molecule has 31 heavy (non-hydrogen) atoms. The van der Waals surface area contributed by atoms with Gasteiger partial charge in [0.2, 0.25) is 0 Å². The third-order valence-corrected chi connectivity index (χ3v) is 5.44. The molecule has 3 heterocycles. The number of esters is 1. The van der Waals surface area contributed by atoms with Crippen LogP contribution in [0.25, 0.3) is 33.5 Å². The molecule has 5 rings (SSSR count). The van der Waals surface area contributed by atoms with Crippen LogP contribution in [0.3, 0.4) is 0 Å². The van der Waals surface area contributed by atoms with Crippen molar-refractivity contribution in [2.75, 3.05) is 13.2 Å². The number of carbonyl (C=O) groups is 2. The largest absolute Gasteiger partial charge is 0.462 e. The van der Waals surface area contributed by atoms with Crippen LogP contribution in [0.1, 0.15) is 33.2 Å². The van der Waals surface area contributed by atoms with Crippen molar-refractivity contribution in [3.63, 3.8) is 0 Å². The van der Waals surface area contributed by atoms with Crippen LogP contribution in [-0.4, -0.2) is 40.0 Å². The van der Waals surface area contributed by atoms with Gasteiger partial charge >= 0.3 is 5.97 Å². The first-order chi connectivity index (χ1) is 15.1. The second-order valence-corrected chi connectivity index (χ2v) is 7.34. The number of benzene rings is 2. The Morgan fingerprint density at radius 1 is 1.06 bits per heavy atom. The Hall–Kier alpha value is -4.00. The Kier molecular flexibility index (Phi) is 4.71. The Balaban J connectivity index is 1.53. The number of aromatic amines is 1. The number of rotatable bonds is 4. The zero-order valence-electron chi connectivity index (χ0n) is 16.9. The van der Waals surface area contributed by atoms with E-state index in [1.165, 1.54) is 6.33 Å². The van der Waals surface area contributed by atoms with Gasteiger partial charge in [-0.3, -0.25) is 4.79 Å². The second-order valence-electron chi connectivity index (χ2n) is 7.34. The summed E-state index contributed by atoms with van der Waals surface area (Å²) in [5.41, 5.74) is 6.55. The Morgan fingerprint density at radius 3 is 2.68 bits per heavy atom. The summed E-state index contributed by atoms with van der Waals surface area (Å²) in [6.45, 7) is 2.77. The first-order valence-electron chi connectivity index (χ1n) is 10.2. The summed E-state index contributed by atoms with van der Waals surface area (Å²) in [4.78, 5) is 36.2. The molecule has 0 atom stereocenters. The summed E-state index contributed by atoms with van der Waals surface area (Å²) >= 11 is 0. The molecule has 0 bridgehead atoms. The van der Waals surface area contributed by atoms with E-state index in [4.69, 9.17) is 4.74 Å². The molecule has 0 fully saturated rings. The van der Waals surface area contributed by atoms with Crippen LogP contribution in [-0.2, 0) is 11.2 Å². The molecule has 154 valence electrons. The van der Waals surface area contributed by atoms with E-state index < -0.39 is 0 Å². The zero-order chi connectivity index (χ0) is 21.4. The summed E-state index contributed by atoms with van der Waals surface area (Å²) in [6, 6.07) is 15.1. The number of nitrogens with one attached hydrogen (secondary N) is 2. The Bertz CT molecular complexity index is 1310. The lowest BCUT2D eigenvalue weighted by molar-refractivity contribution is 0.0526. The minimum atomic E-state index is -0.333. The fourth-order valence-corrected chi connectivity index (χ4v) is 3.90. The number of ether oxygens (including phenoxy) is 1. The molecule has 0 aliphatic carbocycles. The number of hydrogen-bond donors (Lipinski definition) is 2. The third kappa shape index (κ3) is 3.44. The maximum absolute atomic E-state index is 12.0. The second kappa shape index (κ2) is 7.68. The molecule has 0 spiro atoms. The molecule has 0 unspecified atom stereocenters. The summed E-state index contributed by atoms with van der Waals surface area (Å²) < 4.78 is 5.04. The van der Waals surface area contributed by atoms with Gasteiger partial charge < -0.3 is 15.0 Å². The average molecular weight is 412 g/mol. The maximum atomic E-state index is 12.0. The molecule has 2 aromatic heterocycles. The number of amides is 1. The van der Waals surface area contributed by atoms with E-state index in [9.17, 15) is 9.59 Å². The quantitative estimate of drug-likeness (QED) is 0.498. The van der Waals surface area contributed by atoms with Gasteiger partial charge in [-0.25, -0.2) is 14.8 Å². The minimum Gasteiger partial charge on any atom is -0.462 e. The maximum Gasteiger partial charge on any atom is 0.338 e. The highest BCUT2D eigenvalue weighted by atomic mass is 16.5. The van der Waals surface area contributed by atoms with Crippen molar-refractivity contribution in [3.05, 3.63) is 71.5 Å². The van der Waals surface area contributed by atoms with Gasteiger partial charge in [-0.05, 0) is 54.8 Å². The minimum absolute atomic E-state index is 0.0316. The van der Waals surface area contributed by atoms with Crippen LogP contribution < -0.4 is 5.32 Å². The predicted molar refractivity (Wildman–Crippen MR) is 117 cm³/mol. The molecule has 1 aliphatic heterocycles. The van der Waals surface area contributed by atoms with Crippen LogP contribution in [0.15, 0.2) is 54.9 Å². The molecule has 0 saturated heterocycles. The molecule has 0 radical (unpaired) electrons. The van der Waals surface area contributed by atoms with Crippen molar-refractivity contribution in [1.29, 1.82) is 0 Å². The van der Waals surface area contributed by atoms with Crippen molar-refractivity contribution in [1.82, 2.24) is 20.3 Å². The van der Waals surface area contributed by atoms with Crippen molar-refractivity contribution < 1.29 is 14.3 Å². The van der Waals surface area contributed by atoms with Crippen LogP contribution in [0.4, 0.5) is 0 Å². The molecule has 2 aromatic carbocycles. The van der Waals surface area contributed by atoms with Gasteiger partial charge in [-0.2, -0.15) is 0 Å². The molecule has 2 N–H and O–H groups in total. The van der Waals surface area contributed by atoms with Crippen LogP contribution >= 0.6 is 0 Å². The average Bonchev–Trinajstić information content (AvgIpc) is 3.24. The van der Waals surface area contributed by atoms with Gasteiger partial charge in [0.15, 0.2) is 0 Å². The van der Waals surface area contributed by atoms with Crippen LogP contribution in [0, 0.1) is 0 Å². The molecule has 7 nitrogen and oxygen atoms in total. The Morgan fingerprint density at radius 2 is 1.87 bits per heavy atom. The van der Waals surface area contributed by atoms with E-state index in [0.717, 1.165) is 51.1 Å². The fraction of sp³-hybridized carbons (Fsp3) is 0.167. The lowest BCUT2D eigenvalue weighted by Crippen LogP contribution is -2.31. The van der Waals surface area contributed by atoms with E-state index in [-0.39, 0.29) is 11.9 Å². The molecule has 0 saturated carbocycles.